The van der Waals surface area contributed by atoms with Crippen LogP contribution < -0.4 is 10.2 Å². The number of pyridine rings is 1. The van der Waals surface area contributed by atoms with Crippen LogP contribution in [0.4, 0.5) is 10.5 Å². The highest BCUT2D eigenvalue weighted by molar-refractivity contribution is 6.08. The van der Waals surface area contributed by atoms with Gasteiger partial charge in [-0.15, -0.1) is 0 Å². The van der Waals surface area contributed by atoms with Gasteiger partial charge in [0, 0.05) is 24.4 Å². The lowest BCUT2D eigenvalue weighted by molar-refractivity contribution is -0.119. The van der Waals surface area contributed by atoms with Crippen molar-refractivity contribution in [1.29, 1.82) is 0 Å². The minimum absolute atomic E-state index is 0.0109. The van der Waals surface area contributed by atoms with E-state index in [4.69, 9.17) is 4.74 Å². The van der Waals surface area contributed by atoms with E-state index in [2.05, 4.69) is 10.3 Å². The van der Waals surface area contributed by atoms with E-state index in [-0.39, 0.29) is 24.0 Å². The number of carbonyl (C=O) groups is 3. The van der Waals surface area contributed by atoms with Crippen LogP contribution in [0.5, 0.6) is 5.75 Å². The first-order valence-electron chi connectivity index (χ1n) is 8.96. The van der Waals surface area contributed by atoms with Crippen LogP contribution in [0.1, 0.15) is 23.0 Å². The molecular weight excluding hydrogens is 376 g/mol. The largest absolute Gasteiger partial charge is 0.504 e. The van der Waals surface area contributed by atoms with E-state index in [0.717, 1.165) is 0 Å². The van der Waals surface area contributed by atoms with Crippen molar-refractivity contribution < 1.29 is 24.2 Å². The smallest absolute Gasteiger partial charge is 0.414 e. The van der Waals surface area contributed by atoms with Crippen molar-refractivity contribution in [3.8, 4) is 5.75 Å². The molecule has 1 aliphatic heterocycles. The number of ether oxygens (including phenoxy) is 1. The molecule has 4 rings (SSSR count). The van der Waals surface area contributed by atoms with Gasteiger partial charge < -0.3 is 15.2 Å². The van der Waals surface area contributed by atoms with Crippen molar-refractivity contribution in [3.05, 3.63) is 60.0 Å². The number of amides is 2. The van der Waals surface area contributed by atoms with E-state index in [1.165, 1.54) is 28.5 Å². The Balaban J connectivity index is 1.52. The van der Waals surface area contributed by atoms with Crippen molar-refractivity contribution in [2.75, 3.05) is 18.0 Å². The number of fused-ring (bicyclic) bond motifs is 1. The molecule has 0 spiro atoms. The summed E-state index contributed by atoms with van der Waals surface area (Å²) < 4.78 is 6.77. The van der Waals surface area contributed by atoms with Crippen LogP contribution in [0, 0.1) is 0 Å². The Morgan fingerprint density at radius 3 is 2.76 bits per heavy atom. The Hall–Kier alpha value is -3.88. The summed E-state index contributed by atoms with van der Waals surface area (Å²) >= 11 is 0. The van der Waals surface area contributed by atoms with E-state index in [1.54, 1.807) is 36.5 Å². The van der Waals surface area contributed by atoms with Gasteiger partial charge in [-0.1, -0.05) is 0 Å². The van der Waals surface area contributed by atoms with Gasteiger partial charge in [-0.05, 0) is 36.4 Å². The van der Waals surface area contributed by atoms with Gasteiger partial charge in [-0.3, -0.25) is 18.9 Å². The molecule has 1 aromatic carbocycles. The van der Waals surface area contributed by atoms with E-state index >= 15 is 0 Å². The Morgan fingerprint density at radius 1 is 1.28 bits per heavy atom. The standard InChI is InChI=1S/C20H18N4O5/c1-12(25)21-9-15-11-24(20(28)29-15)14-6-4-13(5-7-14)18(27)16-10-22-19-17(26)3-2-8-23(16)19/h2-8,10,15,26H,9,11H2,1H3,(H,21,25)/t15-/m0/s1. The Labute approximate surface area is 165 Å². The van der Waals surface area contributed by atoms with Crippen molar-refractivity contribution in [1.82, 2.24) is 14.7 Å². The lowest BCUT2D eigenvalue weighted by atomic mass is 10.1. The maximum absolute atomic E-state index is 12.8. The summed E-state index contributed by atoms with van der Waals surface area (Å²) in [7, 11) is 0. The van der Waals surface area contributed by atoms with E-state index in [1.807, 2.05) is 0 Å². The van der Waals surface area contributed by atoms with Gasteiger partial charge in [-0.2, -0.15) is 0 Å². The number of rotatable bonds is 5. The minimum atomic E-state index is -0.503. The average molecular weight is 394 g/mol. The molecule has 0 unspecified atom stereocenters. The molecule has 148 valence electrons. The van der Waals surface area contributed by atoms with Crippen molar-refractivity contribution in [2.24, 2.45) is 0 Å². The maximum Gasteiger partial charge on any atom is 0.414 e. The number of ketones is 1. The van der Waals surface area contributed by atoms with Gasteiger partial charge in [-0.25, -0.2) is 9.78 Å². The predicted octanol–water partition coefficient (Wildman–Crippen LogP) is 1.73. The molecule has 3 aromatic rings. The fourth-order valence-electron chi connectivity index (χ4n) is 3.20. The number of benzene rings is 1. The maximum atomic E-state index is 12.8. The zero-order chi connectivity index (χ0) is 20.5. The number of imidazole rings is 1. The van der Waals surface area contributed by atoms with E-state index < -0.39 is 12.2 Å². The number of nitrogens with one attached hydrogen (secondary N) is 1. The van der Waals surface area contributed by atoms with Gasteiger partial charge in [0.2, 0.25) is 11.7 Å². The third-order valence-corrected chi connectivity index (χ3v) is 4.64. The Morgan fingerprint density at radius 2 is 2.03 bits per heavy atom. The molecule has 29 heavy (non-hydrogen) atoms. The van der Waals surface area contributed by atoms with Gasteiger partial charge in [0.25, 0.3) is 0 Å². The highest BCUT2D eigenvalue weighted by atomic mass is 16.6. The molecule has 3 heterocycles. The summed E-state index contributed by atoms with van der Waals surface area (Å²) in [6.07, 6.45) is 2.13. The summed E-state index contributed by atoms with van der Waals surface area (Å²) in [5.74, 6) is -0.464. The van der Waals surface area contributed by atoms with Crippen LogP contribution in [-0.4, -0.2) is 51.5 Å². The lowest BCUT2D eigenvalue weighted by Crippen LogP contribution is -2.33. The number of nitrogens with zero attached hydrogens (tertiary/aromatic N) is 3. The number of cyclic esters (lactones) is 1. The quantitative estimate of drug-likeness (QED) is 0.637. The highest BCUT2D eigenvalue weighted by Crippen LogP contribution is 2.24. The zero-order valence-corrected chi connectivity index (χ0v) is 15.5. The molecule has 1 saturated heterocycles. The third-order valence-electron chi connectivity index (χ3n) is 4.64. The molecule has 0 radical (unpaired) electrons. The van der Waals surface area contributed by atoms with Crippen LogP contribution in [0.3, 0.4) is 0 Å². The summed E-state index contributed by atoms with van der Waals surface area (Å²) in [6.45, 7) is 1.95. The molecule has 9 heteroatoms. The molecule has 2 N–H and O–H groups in total. The monoisotopic (exact) mass is 394 g/mol. The summed E-state index contributed by atoms with van der Waals surface area (Å²) in [6, 6.07) is 9.69. The third kappa shape index (κ3) is 3.49. The Bertz CT molecular complexity index is 1110. The number of aromatic hydroxyl groups is 1. The summed E-state index contributed by atoms with van der Waals surface area (Å²) in [5, 5.41) is 12.5. The Kier molecular flexibility index (Phi) is 4.63. The van der Waals surface area contributed by atoms with Crippen LogP contribution in [-0.2, 0) is 9.53 Å². The van der Waals surface area contributed by atoms with Gasteiger partial charge in [0.15, 0.2) is 11.4 Å². The predicted molar refractivity (Wildman–Crippen MR) is 103 cm³/mol. The first kappa shape index (κ1) is 18.5. The van der Waals surface area contributed by atoms with Gasteiger partial charge >= 0.3 is 6.09 Å². The lowest BCUT2D eigenvalue weighted by Gasteiger charge is -2.13. The second-order valence-corrected chi connectivity index (χ2v) is 6.66. The molecule has 1 fully saturated rings. The molecule has 1 aliphatic rings. The number of carbonyl (C=O) groups excluding carboxylic acids is 3. The van der Waals surface area contributed by atoms with Crippen molar-refractivity contribution >= 4 is 29.1 Å². The van der Waals surface area contributed by atoms with Crippen LogP contribution in [0.2, 0.25) is 0 Å². The second-order valence-electron chi connectivity index (χ2n) is 6.66. The van der Waals surface area contributed by atoms with Crippen molar-refractivity contribution in [2.45, 2.75) is 13.0 Å². The molecule has 0 bridgehead atoms. The molecule has 9 nitrogen and oxygen atoms in total. The molecule has 1 atom stereocenters. The highest BCUT2D eigenvalue weighted by Gasteiger charge is 2.32. The number of aromatic nitrogens is 2. The fourth-order valence-corrected chi connectivity index (χ4v) is 3.20. The van der Waals surface area contributed by atoms with Crippen LogP contribution in [0.25, 0.3) is 5.65 Å². The van der Waals surface area contributed by atoms with E-state index in [0.29, 0.717) is 29.1 Å². The second kappa shape index (κ2) is 7.27. The average Bonchev–Trinajstić information content (AvgIpc) is 3.30. The summed E-state index contributed by atoms with van der Waals surface area (Å²) in [5.41, 5.74) is 1.63. The fraction of sp³-hybridized carbons (Fsp3) is 0.200. The van der Waals surface area contributed by atoms with Gasteiger partial charge in [0.1, 0.15) is 11.8 Å². The number of hydrogen-bond donors (Lipinski definition) is 2. The topological polar surface area (TPSA) is 113 Å². The normalized spacial score (nSPS) is 16.1. The molecule has 0 aliphatic carbocycles. The number of hydrogen-bond acceptors (Lipinski definition) is 6. The zero-order valence-electron chi connectivity index (χ0n) is 15.5. The molecule has 0 saturated carbocycles. The van der Waals surface area contributed by atoms with Crippen LogP contribution in [0.15, 0.2) is 48.8 Å². The molecule has 2 aromatic heterocycles. The first-order chi connectivity index (χ1) is 13.9. The minimum Gasteiger partial charge on any atom is -0.504 e. The van der Waals surface area contributed by atoms with Crippen molar-refractivity contribution in [3.63, 3.8) is 0 Å². The molecule has 2 amide bonds. The first-order valence-corrected chi connectivity index (χ1v) is 8.96. The van der Waals surface area contributed by atoms with E-state index in [9.17, 15) is 19.5 Å². The number of anilines is 1. The SMILES string of the molecule is CC(=O)NC[C@H]1CN(c2ccc(C(=O)c3cnc4c(O)cccn34)cc2)C(=O)O1. The summed E-state index contributed by atoms with van der Waals surface area (Å²) in [4.78, 5) is 41.5. The molecular formula is C20H18N4O5. The van der Waals surface area contributed by atoms with Crippen LogP contribution >= 0.6 is 0 Å². The van der Waals surface area contributed by atoms with Gasteiger partial charge in [0.05, 0.1) is 19.3 Å².